The van der Waals surface area contributed by atoms with Gasteiger partial charge < -0.3 is 0 Å². The van der Waals surface area contributed by atoms with Gasteiger partial charge >= 0.3 is 0 Å². The van der Waals surface area contributed by atoms with Crippen LogP contribution in [0.2, 0.25) is 0 Å². The van der Waals surface area contributed by atoms with E-state index in [4.69, 9.17) is 0 Å². The maximum Gasteiger partial charge on any atom is 0.0681 e. The van der Waals surface area contributed by atoms with Crippen molar-refractivity contribution in [3.05, 3.63) is 12.2 Å². The van der Waals surface area contributed by atoms with E-state index in [1.54, 1.807) is 0 Å². The molecule has 0 radical (unpaired) electrons. The molecule has 0 bridgehead atoms. The predicted molar refractivity (Wildman–Crippen MR) is 36.3 cm³/mol. The largest absolute Gasteiger partial charge is 0.287 e. The summed E-state index contributed by atoms with van der Waals surface area (Å²) < 4.78 is 0. The lowest BCUT2D eigenvalue weighted by Gasteiger charge is -1.95. The summed E-state index contributed by atoms with van der Waals surface area (Å²) in [6, 6.07) is 0.384. The van der Waals surface area contributed by atoms with Gasteiger partial charge in [-0.25, -0.2) is 0 Å². The highest BCUT2D eigenvalue weighted by Gasteiger charge is 2.12. The first-order chi connectivity index (χ1) is 3.70. The molecule has 0 saturated carbocycles. The molecule has 1 unspecified atom stereocenters. The van der Waals surface area contributed by atoms with E-state index in [1.165, 1.54) is 11.3 Å². The van der Waals surface area contributed by atoms with Gasteiger partial charge in [0.05, 0.1) is 6.04 Å². The third-order valence-corrected chi connectivity index (χ3v) is 1.49. The van der Waals surface area contributed by atoms with Crippen molar-refractivity contribution in [3.63, 3.8) is 0 Å². The van der Waals surface area contributed by atoms with Gasteiger partial charge in [0, 0.05) is 12.1 Å². The number of hydrogen-bond acceptors (Lipinski definition) is 1. The Morgan fingerprint density at radius 1 is 1.75 bits per heavy atom. The molecule has 0 aliphatic carbocycles. The Kier molecular flexibility index (Phi) is 1.20. The molecule has 1 atom stereocenters. The van der Waals surface area contributed by atoms with E-state index in [-0.39, 0.29) is 0 Å². The van der Waals surface area contributed by atoms with E-state index >= 15 is 0 Å². The van der Waals surface area contributed by atoms with Crippen molar-refractivity contribution in [3.8, 4) is 0 Å². The molecule has 0 saturated heterocycles. The Bertz CT molecular complexity index is 144. The smallest absolute Gasteiger partial charge is 0.0681 e. The zero-order chi connectivity index (χ0) is 6.15. The fourth-order valence-corrected chi connectivity index (χ4v) is 0.944. The summed E-state index contributed by atoms with van der Waals surface area (Å²) in [6.07, 6.45) is 1.02. The molecule has 0 amide bonds. The first-order valence-corrected chi connectivity index (χ1v) is 2.91. The molecule has 1 heteroatoms. The molecule has 0 fully saturated rings. The fourth-order valence-electron chi connectivity index (χ4n) is 0.944. The maximum absolute atomic E-state index is 4.29. The summed E-state index contributed by atoms with van der Waals surface area (Å²) in [5.41, 5.74) is 2.48. The lowest BCUT2D eigenvalue weighted by Crippen LogP contribution is -1.91. The van der Waals surface area contributed by atoms with E-state index in [9.17, 15) is 0 Å². The van der Waals surface area contributed by atoms with E-state index in [0.717, 1.165) is 6.42 Å². The topological polar surface area (TPSA) is 12.4 Å². The van der Waals surface area contributed by atoms with Crippen LogP contribution in [-0.2, 0) is 0 Å². The molecule has 1 aliphatic rings. The van der Waals surface area contributed by atoms with Crippen molar-refractivity contribution in [2.24, 2.45) is 4.99 Å². The number of hydrogen-bond donors (Lipinski definition) is 0. The van der Waals surface area contributed by atoms with Crippen molar-refractivity contribution < 1.29 is 0 Å². The first-order valence-electron chi connectivity index (χ1n) is 2.91. The Labute approximate surface area is 50.1 Å². The van der Waals surface area contributed by atoms with Gasteiger partial charge in [-0.15, -0.1) is 0 Å². The van der Waals surface area contributed by atoms with Crippen molar-refractivity contribution in [2.45, 2.75) is 26.3 Å². The highest BCUT2D eigenvalue weighted by atomic mass is 14.8. The average molecular weight is 109 g/mol. The van der Waals surface area contributed by atoms with Crippen molar-refractivity contribution in [1.29, 1.82) is 0 Å². The molecule has 0 spiro atoms. The van der Waals surface area contributed by atoms with Crippen LogP contribution in [0, 0.1) is 0 Å². The predicted octanol–water partition coefficient (Wildman–Crippen LogP) is 1.80. The third kappa shape index (κ3) is 0.808. The molecule has 1 rings (SSSR count). The monoisotopic (exact) mass is 109 g/mol. The lowest BCUT2D eigenvalue weighted by atomic mass is 10.1. The number of aliphatic imine (C=N–C) groups is 1. The van der Waals surface area contributed by atoms with Crippen LogP contribution in [0.3, 0.4) is 0 Å². The maximum atomic E-state index is 4.29. The second kappa shape index (κ2) is 1.73. The van der Waals surface area contributed by atoms with Crippen LogP contribution in [-0.4, -0.2) is 11.8 Å². The van der Waals surface area contributed by atoms with Crippen LogP contribution in [0.15, 0.2) is 17.1 Å². The summed E-state index contributed by atoms with van der Waals surface area (Å²) in [5, 5.41) is 0. The average Bonchev–Trinajstić information content (AvgIpc) is 1.85. The quantitative estimate of drug-likeness (QED) is 0.420. The highest BCUT2D eigenvalue weighted by molar-refractivity contribution is 5.87. The standard InChI is InChI=1S/C7H11N/c1-5-4-6(2)8-7(5)3/h7H,1,4H2,2-3H3. The van der Waals surface area contributed by atoms with Gasteiger partial charge in [0.25, 0.3) is 0 Å². The van der Waals surface area contributed by atoms with Crippen LogP contribution in [0.25, 0.3) is 0 Å². The molecule has 44 valence electrons. The van der Waals surface area contributed by atoms with Gasteiger partial charge in [0.1, 0.15) is 0 Å². The van der Waals surface area contributed by atoms with Crippen LogP contribution in [0.4, 0.5) is 0 Å². The van der Waals surface area contributed by atoms with Crippen molar-refractivity contribution >= 4 is 5.71 Å². The molecular formula is C7H11N. The summed E-state index contributed by atoms with van der Waals surface area (Å²) in [4.78, 5) is 4.29. The third-order valence-electron chi connectivity index (χ3n) is 1.49. The van der Waals surface area contributed by atoms with Crippen LogP contribution in [0.5, 0.6) is 0 Å². The van der Waals surface area contributed by atoms with Gasteiger partial charge in [-0.05, 0) is 19.4 Å². The van der Waals surface area contributed by atoms with E-state index < -0.39 is 0 Å². The molecule has 1 aliphatic heterocycles. The minimum atomic E-state index is 0.384. The fraction of sp³-hybridized carbons (Fsp3) is 0.571. The Balaban J connectivity index is 2.69. The minimum Gasteiger partial charge on any atom is -0.287 e. The van der Waals surface area contributed by atoms with E-state index in [2.05, 4.69) is 25.4 Å². The highest BCUT2D eigenvalue weighted by Crippen LogP contribution is 2.16. The van der Waals surface area contributed by atoms with Gasteiger partial charge in [-0.1, -0.05) is 6.58 Å². The van der Waals surface area contributed by atoms with Crippen molar-refractivity contribution in [2.75, 3.05) is 0 Å². The first kappa shape index (κ1) is 5.54. The summed E-state index contributed by atoms with van der Waals surface area (Å²) in [5.74, 6) is 0. The molecule has 0 N–H and O–H groups in total. The van der Waals surface area contributed by atoms with Gasteiger partial charge in [0.2, 0.25) is 0 Å². The number of rotatable bonds is 0. The summed E-state index contributed by atoms with van der Waals surface area (Å²) in [7, 11) is 0. The Morgan fingerprint density at radius 2 is 2.38 bits per heavy atom. The second-order valence-corrected chi connectivity index (χ2v) is 2.38. The van der Waals surface area contributed by atoms with Crippen LogP contribution < -0.4 is 0 Å². The molecule has 0 aromatic rings. The van der Waals surface area contributed by atoms with Crippen LogP contribution >= 0.6 is 0 Å². The van der Waals surface area contributed by atoms with Crippen molar-refractivity contribution in [1.82, 2.24) is 0 Å². The molecule has 0 aromatic carbocycles. The van der Waals surface area contributed by atoms with Gasteiger partial charge in [0.15, 0.2) is 0 Å². The molecule has 0 aromatic heterocycles. The Hall–Kier alpha value is -0.590. The zero-order valence-electron chi connectivity index (χ0n) is 5.44. The minimum absolute atomic E-state index is 0.384. The summed E-state index contributed by atoms with van der Waals surface area (Å²) in [6.45, 7) is 8.00. The molecule has 8 heavy (non-hydrogen) atoms. The normalized spacial score (nSPS) is 28.5. The van der Waals surface area contributed by atoms with Crippen LogP contribution in [0.1, 0.15) is 20.3 Å². The number of nitrogens with zero attached hydrogens (tertiary/aromatic N) is 1. The van der Waals surface area contributed by atoms with E-state index in [1.807, 2.05) is 0 Å². The van der Waals surface area contributed by atoms with E-state index in [0.29, 0.717) is 6.04 Å². The summed E-state index contributed by atoms with van der Waals surface area (Å²) >= 11 is 0. The van der Waals surface area contributed by atoms with Gasteiger partial charge in [-0.3, -0.25) is 4.99 Å². The molecule has 1 nitrogen and oxygen atoms in total. The SMILES string of the molecule is C=C1CC(C)=NC1C. The molecule has 1 heterocycles. The van der Waals surface area contributed by atoms with Gasteiger partial charge in [-0.2, -0.15) is 0 Å². The Morgan fingerprint density at radius 3 is 2.50 bits per heavy atom. The zero-order valence-corrected chi connectivity index (χ0v) is 5.44. The second-order valence-electron chi connectivity index (χ2n) is 2.38. The lowest BCUT2D eigenvalue weighted by molar-refractivity contribution is 0.897. The molecular weight excluding hydrogens is 98.1 g/mol.